The van der Waals surface area contributed by atoms with Crippen molar-refractivity contribution in [3.63, 3.8) is 0 Å². The molecule has 0 bridgehead atoms. The van der Waals surface area contributed by atoms with E-state index in [1.54, 1.807) is 19.5 Å². The van der Waals surface area contributed by atoms with Crippen molar-refractivity contribution in [2.45, 2.75) is 25.9 Å². The number of nitrogens with one attached hydrogen (secondary N) is 2. The van der Waals surface area contributed by atoms with Gasteiger partial charge >= 0.3 is 0 Å². The molecule has 10 heteroatoms. The van der Waals surface area contributed by atoms with Crippen LogP contribution in [0.15, 0.2) is 73.1 Å². The van der Waals surface area contributed by atoms with E-state index in [9.17, 15) is 4.79 Å². The van der Waals surface area contributed by atoms with Crippen LogP contribution in [-0.2, 0) is 9.53 Å². The average molecular weight is 543 g/mol. The van der Waals surface area contributed by atoms with E-state index in [1.807, 2.05) is 54.6 Å². The molecule has 5 rings (SSSR count). The van der Waals surface area contributed by atoms with Crippen LogP contribution in [-0.4, -0.2) is 46.4 Å². The first-order valence-electron chi connectivity index (χ1n) is 12.5. The van der Waals surface area contributed by atoms with Gasteiger partial charge in [0.1, 0.15) is 18.2 Å². The van der Waals surface area contributed by atoms with Crippen molar-refractivity contribution < 1.29 is 14.3 Å². The van der Waals surface area contributed by atoms with Gasteiger partial charge in [-0.3, -0.25) is 9.78 Å². The lowest BCUT2D eigenvalue weighted by Crippen LogP contribution is -2.29. The van der Waals surface area contributed by atoms with Crippen LogP contribution in [0.3, 0.4) is 0 Å². The molecular formula is C29H30N6O3S. The van der Waals surface area contributed by atoms with Crippen molar-refractivity contribution in [3.05, 3.63) is 95.7 Å². The SMILES string of the molecule is COCC(=O)Nc1cc(N2C(=S)N[C@H](c3ccccn3)[C@@H]2c2cc(C)n(-c3ccccn3)c2C)ccc1OC. The van der Waals surface area contributed by atoms with Crippen molar-refractivity contribution >= 4 is 34.6 Å². The van der Waals surface area contributed by atoms with Gasteiger partial charge in [0.15, 0.2) is 5.11 Å². The third kappa shape index (κ3) is 5.08. The second kappa shape index (κ2) is 11.2. The van der Waals surface area contributed by atoms with Gasteiger partial charge < -0.3 is 29.6 Å². The number of nitrogens with zero attached hydrogens (tertiary/aromatic N) is 4. The number of hydrogen-bond acceptors (Lipinski definition) is 6. The Labute approximate surface area is 232 Å². The van der Waals surface area contributed by atoms with Crippen LogP contribution in [0.4, 0.5) is 11.4 Å². The zero-order valence-electron chi connectivity index (χ0n) is 22.2. The Kier molecular flexibility index (Phi) is 7.58. The fourth-order valence-corrected chi connectivity index (χ4v) is 5.48. The summed E-state index contributed by atoms with van der Waals surface area (Å²) in [5.41, 5.74) is 5.39. The lowest BCUT2D eigenvalue weighted by Gasteiger charge is -2.29. The molecule has 1 aromatic carbocycles. The molecule has 1 aliphatic rings. The maximum absolute atomic E-state index is 12.4. The molecule has 200 valence electrons. The lowest BCUT2D eigenvalue weighted by atomic mass is 9.96. The molecule has 1 amide bonds. The molecule has 0 spiro atoms. The van der Waals surface area contributed by atoms with E-state index in [2.05, 4.69) is 50.0 Å². The third-order valence-corrected chi connectivity index (χ3v) is 7.09. The number of ether oxygens (including phenoxy) is 2. The van der Waals surface area contributed by atoms with Gasteiger partial charge in [-0.15, -0.1) is 0 Å². The summed E-state index contributed by atoms with van der Waals surface area (Å²) >= 11 is 5.92. The average Bonchev–Trinajstić information content (AvgIpc) is 3.44. The normalized spacial score (nSPS) is 16.7. The van der Waals surface area contributed by atoms with Crippen molar-refractivity contribution in [2.24, 2.45) is 0 Å². The number of amides is 1. The Hall–Kier alpha value is -4.28. The first kappa shape index (κ1) is 26.3. The van der Waals surface area contributed by atoms with Gasteiger partial charge in [0.05, 0.1) is 30.6 Å². The van der Waals surface area contributed by atoms with Crippen molar-refractivity contribution in [1.82, 2.24) is 19.9 Å². The fourth-order valence-electron chi connectivity index (χ4n) is 5.14. The lowest BCUT2D eigenvalue weighted by molar-refractivity contribution is -0.119. The Morgan fingerprint density at radius 3 is 2.49 bits per heavy atom. The number of thiocarbonyl (C=S) groups is 1. The molecule has 1 aliphatic heterocycles. The Balaban J connectivity index is 1.64. The van der Waals surface area contributed by atoms with Crippen LogP contribution in [0, 0.1) is 13.8 Å². The van der Waals surface area contributed by atoms with E-state index < -0.39 is 0 Å². The molecule has 3 aromatic heterocycles. The minimum Gasteiger partial charge on any atom is -0.495 e. The minimum absolute atomic E-state index is 0.0685. The first-order chi connectivity index (χ1) is 18.9. The topological polar surface area (TPSA) is 93.5 Å². The van der Waals surface area contributed by atoms with Crippen molar-refractivity contribution in [2.75, 3.05) is 31.0 Å². The molecule has 0 aliphatic carbocycles. The number of rotatable bonds is 8. The van der Waals surface area contributed by atoms with Gasteiger partial charge in [-0.05, 0) is 80.2 Å². The van der Waals surface area contributed by atoms with E-state index >= 15 is 0 Å². The van der Waals surface area contributed by atoms with E-state index in [0.717, 1.165) is 34.2 Å². The molecule has 0 saturated carbocycles. The molecule has 4 heterocycles. The minimum atomic E-state index is -0.281. The number of carbonyl (C=O) groups excluding carboxylic acids is 1. The quantitative estimate of drug-likeness (QED) is 0.311. The maximum atomic E-state index is 12.4. The highest BCUT2D eigenvalue weighted by atomic mass is 32.1. The number of anilines is 2. The van der Waals surface area contributed by atoms with E-state index in [0.29, 0.717) is 16.5 Å². The number of benzene rings is 1. The fraction of sp³-hybridized carbons (Fsp3) is 0.241. The highest BCUT2D eigenvalue weighted by Crippen LogP contribution is 2.45. The first-order valence-corrected chi connectivity index (χ1v) is 12.9. The zero-order valence-corrected chi connectivity index (χ0v) is 23.0. The van der Waals surface area contributed by atoms with Crippen LogP contribution in [0.2, 0.25) is 0 Å². The standard InChI is InChI=1S/C29H30N6O3S/c1-18-15-21(19(2)34(18)25-10-6-8-14-31-25)28-27(22-9-5-7-13-30-22)33-29(39)35(28)20-11-12-24(38-4)23(16-20)32-26(36)17-37-3/h5-16,27-28H,17H2,1-4H3,(H,32,36)(H,33,39)/t27-,28+/m1/s1. The summed E-state index contributed by atoms with van der Waals surface area (Å²) < 4.78 is 12.7. The zero-order chi connectivity index (χ0) is 27.5. The Morgan fingerprint density at radius 2 is 1.82 bits per heavy atom. The van der Waals surface area contributed by atoms with Crippen molar-refractivity contribution in [1.29, 1.82) is 0 Å². The molecule has 39 heavy (non-hydrogen) atoms. The van der Waals surface area contributed by atoms with E-state index in [4.69, 9.17) is 21.7 Å². The smallest absolute Gasteiger partial charge is 0.250 e. The van der Waals surface area contributed by atoms with Crippen LogP contribution in [0.25, 0.3) is 5.82 Å². The summed E-state index contributed by atoms with van der Waals surface area (Å²) in [6.45, 7) is 4.10. The van der Waals surface area contributed by atoms with Gasteiger partial charge in [-0.1, -0.05) is 12.1 Å². The summed E-state index contributed by atoms with van der Waals surface area (Å²) in [5.74, 6) is 1.10. The second-order valence-corrected chi connectivity index (χ2v) is 9.60. The Bertz CT molecular complexity index is 1490. The highest BCUT2D eigenvalue weighted by Gasteiger charge is 2.42. The summed E-state index contributed by atoms with van der Waals surface area (Å²) in [6.07, 6.45) is 3.58. The molecule has 4 aromatic rings. The summed E-state index contributed by atoms with van der Waals surface area (Å²) in [4.78, 5) is 23.7. The second-order valence-electron chi connectivity index (χ2n) is 9.21. The third-order valence-electron chi connectivity index (χ3n) is 6.78. The predicted molar refractivity (Wildman–Crippen MR) is 154 cm³/mol. The largest absolute Gasteiger partial charge is 0.495 e. The molecule has 1 fully saturated rings. The van der Waals surface area contributed by atoms with Crippen LogP contribution in [0.5, 0.6) is 5.75 Å². The summed E-state index contributed by atoms with van der Waals surface area (Å²) in [5, 5.41) is 6.94. The predicted octanol–water partition coefficient (Wildman–Crippen LogP) is 4.65. The number of hydrogen-bond donors (Lipinski definition) is 2. The van der Waals surface area contributed by atoms with Gasteiger partial charge in [0, 0.05) is 36.6 Å². The molecule has 2 N–H and O–H groups in total. The molecule has 2 atom stereocenters. The molecule has 0 unspecified atom stereocenters. The van der Waals surface area contributed by atoms with E-state index in [-0.39, 0.29) is 24.6 Å². The van der Waals surface area contributed by atoms with Crippen LogP contribution in [0.1, 0.15) is 34.7 Å². The molecule has 9 nitrogen and oxygen atoms in total. The Morgan fingerprint density at radius 1 is 1.05 bits per heavy atom. The van der Waals surface area contributed by atoms with Crippen LogP contribution < -0.4 is 20.3 Å². The number of carbonyl (C=O) groups is 1. The molecular weight excluding hydrogens is 512 g/mol. The summed E-state index contributed by atoms with van der Waals surface area (Å²) in [7, 11) is 3.04. The summed E-state index contributed by atoms with van der Waals surface area (Å²) in [6, 6.07) is 19.1. The van der Waals surface area contributed by atoms with Gasteiger partial charge in [0.25, 0.3) is 0 Å². The van der Waals surface area contributed by atoms with Gasteiger partial charge in [-0.2, -0.15) is 0 Å². The maximum Gasteiger partial charge on any atom is 0.250 e. The monoisotopic (exact) mass is 542 g/mol. The van der Waals surface area contributed by atoms with Gasteiger partial charge in [-0.25, -0.2) is 4.98 Å². The van der Waals surface area contributed by atoms with E-state index in [1.165, 1.54) is 7.11 Å². The van der Waals surface area contributed by atoms with Crippen molar-refractivity contribution in [3.8, 4) is 11.6 Å². The number of pyridine rings is 2. The number of aromatic nitrogens is 3. The van der Waals surface area contributed by atoms with Gasteiger partial charge in [0.2, 0.25) is 5.91 Å². The number of methoxy groups -OCH3 is 2. The van der Waals surface area contributed by atoms with Crippen LogP contribution >= 0.6 is 12.2 Å². The molecule has 0 radical (unpaired) electrons. The highest BCUT2D eigenvalue weighted by molar-refractivity contribution is 7.80. The number of aryl methyl sites for hydroxylation is 1. The molecule has 1 saturated heterocycles.